The molecule has 0 bridgehead atoms. The molecule has 0 N–H and O–H groups in total. The molecule has 152 valence electrons. The molecule has 0 amide bonds. The summed E-state index contributed by atoms with van der Waals surface area (Å²) in [6, 6.07) is 13.9. The van der Waals surface area contributed by atoms with Gasteiger partial charge in [0, 0.05) is 4.47 Å². The van der Waals surface area contributed by atoms with Gasteiger partial charge in [-0.1, -0.05) is 56.2 Å². The first-order valence-corrected chi connectivity index (χ1v) is 11.2. The van der Waals surface area contributed by atoms with Gasteiger partial charge in [0.05, 0.1) is 0 Å². The summed E-state index contributed by atoms with van der Waals surface area (Å²) in [6.07, 6.45) is 0. The monoisotopic (exact) mass is 448 g/mol. The van der Waals surface area contributed by atoms with Gasteiger partial charge in [-0.25, -0.2) is 0 Å². The summed E-state index contributed by atoms with van der Waals surface area (Å²) < 4.78 is 1.19. The first-order valence-electron chi connectivity index (χ1n) is 10.4. The molecule has 0 saturated carbocycles. The number of halogens is 1. The Balaban J connectivity index is 2.44. The van der Waals surface area contributed by atoms with Crippen molar-refractivity contribution in [3.05, 3.63) is 79.8 Å². The van der Waals surface area contributed by atoms with Crippen LogP contribution in [0.5, 0.6) is 0 Å². The Morgan fingerprint density at radius 1 is 0.552 bits per heavy atom. The molecule has 29 heavy (non-hydrogen) atoms. The first-order chi connectivity index (χ1) is 13.4. The van der Waals surface area contributed by atoms with E-state index in [4.69, 9.17) is 0 Å². The topological polar surface area (TPSA) is 0 Å². The molecule has 0 aliphatic rings. The molecule has 0 atom stereocenters. The fourth-order valence-electron chi connectivity index (χ4n) is 4.63. The average Bonchev–Trinajstić information content (AvgIpc) is 2.54. The molecule has 0 aliphatic carbocycles. The molecule has 1 heteroatoms. The first kappa shape index (κ1) is 21.8. The number of benzene rings is 3. The minimum Gasteiger partial charge on any atom is -0.0561 e. The number of hydrogen-bond acceptors (Lipinski definition) is 0. The van der Waals surface area contributed by atoms with Crippen LogP contribution in [0.15, 0.2) is 40.9 Å². The lowest BCUT2D eigenvalue weighted by Crippen LogP contribution is -2.12. The third-order valence-electron chi connectivity index (χ3n) is 5.83. The molecular formula is C28H33Br. The van der Waals surface area contributed by atoms with Gasteiger partial charge in [0.15, 0.2) is 0 Å². The Morgan fingerprint density at radius 2 is 0.862 bits per heavy atom. The molecule has 3 aromatic carbocycles. The Morgan fingerprint density at radius 3 is 1.14 bits per heavy atom. The molecule has 0 aliphatic heterocycles. The van der Waals surface area contributed by atoms with Crippen LogP contribution in [-0.2, 0) is 5.41 Å². The summed E-state index contributed by atoms with van der Waals surface area (Å²) in [5.41, 5.74) is 14.7. The minimum atomic E-state index is 0.0726. The fourth-order valence-corrected chi connectivity index (χ4v) is 5.26. The van der Waals surface area contributed by atoms with E-state index in [9.17, 15) is 0 Å². The van der Waals surface area contributed by atoms with Crippen LogP contribution in [0.4, 0.5) is 0 Å². The summed E-state index contributed by atoms with van der Waals surface area (Å²) in [7, 11) is 0. The van der Waals surface area contributed by atoms with Crippen LogP contribution in [-0.4, -0.2) is 0 Å². The van der Waals surface area contributed by atoms with Crippen molar-refractivity contribution in [3.63, 3.8) is 0 Å². The van der Waals surface area contributed by atoms with Gasteiger partial charge in [0.25, 0.3) is 0 Å². The van der Waals surface area contributed by atoms with Crippen molar-refractivity contribution < 1.29 is 0 Å². The summed E-state index contributed by atoms with van der Waals surface area (Å²) >= 11 is 4.03. The molecular weight excluding hydrogens is 416 g/mol. The summed E-state index contributed by atoms with van der Waals surface area (Å²) in [5, 5.41) is 0. The molecule has 3 rings (SSSR count). The standard InChI is InChI=1S/C28H33Br/c1-16-10-18(3)25(19(4)11-16)23-14-22(28(7,8)9)15-24(27(23)29)26-20(5)12-17(2)13-21(26)6/h10-15H,1-9H3. The Bertz CT molecular complexity index is 969. The normalized spacial score (nSPS) is 11.8. The molecule has 0 heterocycles. The van der Waals surface area contributed by atoms with Gasteiger partial charge >= 0.3 is 0 Å². The van der Waals surface area contributed by atoms with Crippen LogP contribution >= 0.6 is 15.9 Å². The Hall–Kier alpha value is -1.86. The van der Waals surface area contributed by atoms with Gasteiger partial charge in [-0.15, -0.1) is 0 Å². The largest absolute Gasteiger partial charge is 0.0561 e. The Labute approximate surface area is 185 Å². The van der Waals surface area contributed by atoms with Crippen LogP contribution in [0.2, 0.25) is 0 Å². The number of hydrogen-bond donors (Lipinski definition) is 0. The Kier molecular flexibility index (Phi) is 5.84. The van der Waals surface area contributed by atoms with Crippen LogP contribution in [0.3, 0.4) is 0 Å². The van der Waals surface area contributed by atoms with E-state index in [-0.39, 0.29) is 5.41 Å². The van der Waals surface area contributed by atoms with E-state index in [1.54, 1.807) is 0 Å². The van der Waals surface area contributed by atoms with E-state index in [1.165, 1.54) is 65.7 Å². The summed E-state index contributed by atoms with van der Waals surface area (Å²) in [4.78, 5) is 0. The third-order valence-corrected chi connectivity index (χ3v) is 6.69. The minimum absolute atomic E-state index is 0.0726. The number of rotatable bonds is 2. The maximum absolute atomic E-state index is 4.03. The van der Waals surface area contributed by atoms with Gasteiger partial charge in [-0.2, -0.15) is 0 Å². The molecule has 0 unspecified atom stereocenters. The van der Waals surface area contributed by atoms with Crippen LogP contribution in [0.1, 0.15) is 59.7 Å². The average molecular weight is 449 g/mol. The highest BCUT2D eigenvalue weighted by Crippen LogP contribution is 2.44. The summed E-state index contributed by atoms with van der Waals surface area (Å²) in [5.74, 6) is 0. The molecule has 0 spiro atoms. The predicted molar refractivity (Wildman–Crippen MR) is 132 cm³/mol. The molecule has 3 aromatic rings. The highest BCUT2D eigenvalue weighted by Gasteiger charge is 2.22. The zero-order valence-corrected chi connectivity index (χ0v) is 20.9. The second kappa shape index (κ2) is 7.76. The van der Waals surface area contributed by atoms with Gasteiger partial charge < -0.3 is 0 Å². The lowest BCUT2D eigenvalue weighted by Gasteiger charge is -2.25. The van der Waals surface area contributed by atoms with Crippen LogP contribution in [0.25, 0.3) is 22.3 Å². The molecule has 0 radical (unpaired) electrons. The van der Waals surface area contributed by atoms with Crippen molar-refractivity contribution in [1.82, 2.24) is 0 Å². The van der Waals surface area contributed by atoms with Crippen LogP contribution < -0.4 is 0 Å². The lowest BCUT2D eigenvalue weighted by atomic mass is 9.81. The van der Waals surface area contributed by atoms with Crippen molar-refractivity contribution in [3.8, 4) is 22.3 Å². The second-order valence-electron chi connectivity index (χ2n) is 9.68. The second-order valence-corrected chi connectivity index (χ2v) is 10.5. The highest BCUT2D eigenvalue weighted by atomic mass is 79.9. The molecule has 0 aromatic heterocycles. The van der Waals surface area contributed by atoms with Gasteiger partial charge in [0.2, 0.25) is 0 Å². The van der Waals surface area contributed by atoms with Crippen LogP contribution in [0, 0.1) is 41.5 Å². The van der Waals surface area contributed by atoms with Gasteiger partial charge in [-0.05, 0) is 125 Å². The van der Waals surface area contributed by atoms with Crippen molar-refractivity contribution in [2.45, 2.75) is 67.7 Å². The quantitative estimate of drug-likeness (QED) is 0.366. The SMILES string of the molecule is Cc1cc(C)c(-c2cc(C(C)(C)C)cc(-c3c(C)cc(C)cc3C)c2Br)c(C)c1. The smallest absolute Gasteiger partial charge is 0.0332 e. The zero-order valence-electron chi connectivity index (χ0n) is 19.3. The van der Waals surface area contributed by atoms with E-state index in [0.717, 1.165) is 0 Å². The highest BCUT2D eigenvalue weighted by molar-refractivity contribution is 9.10. The van der Waals surface area contributed by atoms with Gasteiger partial charge in [-0.3, -0.25) is 0 Å². The zero-order chi connectivity index (χ0) is 21.7. The van der Waals surface area contributed by atoms with E-state index in [0.29, 0.717) is 0 Å². The van der Waals surface area contributed by atoms with Crippen molar-refractivity contribution >= 4 is 15.9 Å². The number of aryl methyl sites for hydroxylation is 6. The fraction of sp³-hybridized carbons (Fsp3) is 0.357. The van der Waals surface area contributed by atoms with E-state index >= 15 is 0 Å². The lowest BCUT2D eigenvalue weighted by molar-refractivity contribution is 0.590. The molecule has 0 saturated heterocycles. The predicted octanol–water partition coefficient (Wildman–Crippen LogP) is 8.93. The van der Waals surface area contributed by atoms with Crippen molar-refractivity contribution in [2.24, 2.45) is 0 Å². The maximum atomic E-state index is 4.03. The van der Waals surface area contributed by atoms with Gasteiger partial charge in [0.1, 0.15) is 0 Å². The maximum Gasteiger partial charge on any atom is 0.0332 e. The van der Waals surface area contributed by atoms with Crippen molar-refractivity contribution in [1.29, 1.82) is 0 Å². The van der Waals surface area contributed by atoms with Crippen molar-refractivity contribution in [2.75, 3.05) is 0 Å². The van der Waals surface area contributed by atoms with E-state index < -0.39 is 0 Å². The molecule has 0 nitrogen and oxygen atoms in total. The third kappa shape index (κ3) is 4.21. The van der Waals surface area contributed by atoms with E-state index in [2.05, 4.69) is 115 Å². The summed E-state index contributed by atoms with van der Waals surface area (Å²) in [6.45, 7) is 20.2. The van der Waals surface area contributed by atoms with E-state index in [1.807, 2.05) is 0 Å². The molecule has 0 fully saturated rings.